The molecule has 0 aromatic heterocycles. The van der Waals surface area contributed by atoms with Crippen LogP contribution in [0, 0.1) is 5.41 Å². The topological polar surface area (TPSA) is 76.1 Å². The van der Waals surface area contributed by atoms with Gasteiger partial charge in [0.2, 0.25) is 0 Å². The second kappa shape index (κ2) is 6.69. The molecule has 1 aliphatic heterocycles. The molecule has 126 valence electrons. The van der Waals surface area contributed by atoms with E-state index in [2.05, 4.69) is 0 Å². The summed E-state index contributed by atoms with van der Waals surface area (Å²) in [6.45, 7) is 11.2. The number of nitrogens with zero attached hydrogens (tertiary/aromatic N) is 1. The van der Waals surface area contributed by atoms with Gasteiger partial charge in [-0.05, 0) is 27.7 Å². The summed E-state index contributed by atoms with van der Waals surface area (Å²) < 4.78 is 10.3. The molecule has 0 saturated heterocycles. The summed E-state index contributed by atoms with van der Waals surface area (Å²) in [6.07, 6.45) is 0.280. The summed E-state index contributed by atoms with van der Waals surface area (Å²) in [4.78, 5) is 25.6. The molecule has 0 fully saturated rings. The third kappa shape index (κ3) is 5.02. The van der Waals surface area contributed by atoms with Gasteiger partial charge < -0.3 is 14.6 Å². The van der Waals surface area contributed by atoms with Gasteiger partial charge >= 0.3 is 12.1 Å². The molecule has 1 heterocycles. The number of hydrogen-bond donors (Lipinski definition) is 1. The molecule has 0 saturated carbocycles. The lowest BCUT2D eigenvalue weighted by molar-refractivity contribution is -0.139. The fourth-order valence-corrected chi connectivity index (χ4v) is 2.11. The van der Waals surface area contributed by atoms with Crippen LogP contribution in [0.15, 0.2) is 11.8 Å². The average Bonchev–Trinajstić information content (AvgIpc) is 2.45. The Morgan fingerprint density at radius 3 is 2.50 bits per heavy atom. The lowest BCUT2D eigenvalue weighted by Crippen LogP contribution is -2.42. The van der Waals surface area contributed by atoms with Crippen molar-refractivity contribution in [1.29, 1.82) is 0 Å². The maximum Gasteiger partial charge on any atom is 0.414 e. The van der Waals surface area contributed by atoms with E-state index in [1.54, 1.807) is 27.7 Å². The van der Waals surface area contributed by atoms with E-state index >= 15 is 0 Å². The number of aliphatic hydroxyl groups is 1. The van der Waals surface area contributed by atoms with Crippen molar-refractivity contribution >= 4 is 12.1 Å². The lowest BCUT2D eigenvalue weighted by atomic mass is 9.84. The minimum Gasteiger partial charge on any atom is -0.463 e. The van der Waals surface area contributed by atoms with E-state index in [0.29, 0.717) is 0 Å². The number of amides is 1. The zero-order chi connectivity index (χ0) is 17.1. The molecule has 0 aromatic carbocycles. The first-order valence-corrected chi connectivity index (χ1v) is 7.52. The van der Waals surface area contributed by atoms with Gasteiger partial charge in [-0.15, -0.1) is 0 Å². The first-order chi connectivity index (χ1) is 9.96. The summed E-state index contributed by atoms with van der Waals surface area (Å²) >= 11 is 0. The molecule has 0 spiro atoms. The summed E-state index contributed by atoms with van der Waals surface area (Å²) in [5.41, 5.74) is -0.933. The molecule has 22 heavy (non-hydrogen) atoms. The maximum absolute atomic E-state index is 12.3. The largest absolute Gasteiger partial charge is 0.463 e. The van der Waals surface area contributed by atoms with Gasteiger partial charge in [0.15, 0.2) is 0 Å². The van der Waals surface area contributed by atoms with Crippen molar-refractivity contribution in [2.45, 2.75) is 59.7 Å². The van der Waals surface area contributed by atoms with E-state index in [1.807, 2.05) is 13.8 Å². The summed E-state index contributed by atoms with van der Waals surface area (Å²) in [5, 5.41) is 10.3. The fourth-order valence-electron chi connectivity index (χ4n) is 2.11. The van der Waals surface area contributed by atoms with Crippen LogP contribution in [-0.4, -0.2) is 46.9 Å². The number of aliphatic hydroxyl groups excluding tert-OH is 1. The predicted molar refractivity (Wildman–Crippen MR) is 82.1 cm³/mol. The Kier molecular flexibility index (Phi) is 5.62. The number of rotatable bonds is 2. The molecule has 1 amide bonds. The first kappa shape index (κ1) is 18.5. The molecule has 1 N–H and O–H groups in total. The van der Waals surface area contributed by atoms with E-state index in [9.17, 15) is 14.7 Å². The average molecular weight is 313 g/mol. The molecule has 1 atom stereocenters. The maximum atomic E-state index is 12.3. The van der Waals surface area contributed by atoms with Crippen LogP contribution in [0.2, 0.25) is 0 Å². The van der Waals surface area contributed by atoms with Gasteiger partial charge in [0, 0.05) is 24.6 Å². The number of hydrogen-bond acceptors (Lipinski definition) is 5. The van der Waals surface area contributed by atoms with Crippen LogP contribution in [-0.2, 0) is 14.3 Å². The molecule has 0 aromatic rings. The highest BCUT2D eigenvalue weighted by Gasteiger charge is 2.37. The van der Waals surface area contributed by atoms with E-state index in [0.717, 1.165) is 0 Å². The van der Waals surface area contributed by atoms with Crippen LogP contribution >= 0.6 is 0 Å². The van der Waals surface area contributed by atoms with Crippen molar-refractivity contribution in [3.05, 3.63) is 11.8 Å². The van der Waals surface area contributed by atoms with Crippen molar-refractivity contribution in [2.75, 3.05) is 13.2 Å². The second-order valence-corrected chi connectivity index (χ2v) is 7.19. The Bertz CT molecular complexity index is 462. The number of carbonyl (C=O) groups excluding carboxylic acids is 2. The van der Waals surface area contributed by atoms with Crippen LogP contribution in [0.1, 0.15) is 48.0 Å². The quantitative estimate of drug-likeness (QED) is 0.793. The highest BCUT2D eigenvalue weighted by Crippen LogP contribution is 2.31. The first-order valence-electron chi connectivity index (χ1n) is 7.52. The zero-order valence-corrected chi connectivity index (χ0v) is 14.3. The third-order valence-corrected chi connectivity index (χ3v) is 3.37. The molecule has 1 aliphatic rings. The van der Waals surface area contributed by atoms with Gasteiger partial charge in [0.05, 0.1) is 18.3 Å². The minimum atomic E-state index is -0.754. The molecule has 0 bridgehead atoms. The Morgan fingerprint density at radius 2 is 2.00 bits per heavy atom. The minimum absolute atomic E-state index is 0.144. The van der Waals surface area contributed by atoms with Crippen LogP contribution < -0.4 is 0 Å². The van der Waals surface area contributed by atoms with Crippen molar-refractivity contribution in [3.8, 4) is 0 Å². The summed E-state index contributed by atoms with van der Waals surface area (Å²) in [6, 6.07) is 0. The van der Waals surface area contributed by atoms with E-state index in [1.165, 1.54) is 11.1 Å². The molecule has 1 unspecified atom stereocenters. The van der Waals surface area contributed by atoms with Crippen molar-refractivity contribution in [2.24, 2.45) is 5.41 Å². The number of ether oxygens (including phenoxy) is 2. The van der Waals surface area contributed by atoms with Crippen LogP contribution in [0.3, 0.4) is 0 Å². The second-order valence-electron chi connectivity index (χ2n) is 7.19. The van der Waals surface area contributed by atoms with Crippen molar-refractivity contribution in [3.63, 3.8) is 0 Å². The third-order valence-electron chi connectivity index (χ3n) is 3.37. The molecular formula is C16H27NO5. The smallest absolute Gasteiger partial charge is 0.414 e. The fraction of sp³-hybridized carbons (Fsp3) is 0.750. The van der Waals surface area contributed by atoms with E-state index in [4.69, 9.17) is 9.47 Å². The van der Waals surface area contributed by atoms with Gasteiger partial charge in [0.25, 0.3) is 0 Å². The van der Waals surface area contributed by atoms with Crippen LogP contribution in [0.4, 0.5) is 4.79 Å². The Hall–Kier alpha value is -1.56. The standard InChI is InChI=1S/C16H27NO5/c1-7-21-13(19)11-8-12(18)16(5,6)10-17(9-11)14(20)22-15(2,3)4/h9,12,18H,7-8,10H2,1-6H3. The molecule has 0 radical (unpaired) electrons. The van der Waals surface area contributed by atoms with Gasteiger partial charge in [0.1, 0.15) is 5.60 Å². The van der Waals surface area contributed by atoms with Gasteiger partial charge in [-0.2, -0.15) is 0 Å². The Labute approximate surface area is 132 Å². The molecule has 6 nitrogen and oxygen atoms in total. The Balaban J connectivity index is 3.07. The zero-order valence-electron chi connectivity index (χ0n) is 14.3. The van der Waals surface area contributed by atoms with Gasteiger partial charge in [-0.3, -0.25) is 4.90 Å². The monoisotopic (exact) mass is 313 g/mol. The molecule has 0 aliphatic carbocycles. The highest BCUT2D eigenvalue weighted by atomic mass is 16.6. The van der Waals surface area contributed by atoms with E-state index < -0.39 is 29.2 Å². The lowest BCUT2D eigenvalue weighted by Gasteiger charge is -2.33. The summed E-state index contributed by atoms with van der Waals surface area (Å²) in [5.74, 6) is -0.521. The van der Waals surface area contributed by atoms with Gasteiger partial charge in [-0.1, -0.05) is 13.8 Å². The van der Waals surface area contributed by atoms with Crippen molar-refractivity contribution in [1.82, 2.24) is 4.90 Å². The van der Waals surface area contributed by atoms with Crippen LogP contribution in [0.5, 0.6) is 0 Å². The molecule has 1 rings (SSSR count). The summed E-state index contributed by atoms with van der Waals surface area (Å²) in [7, 11) is 0. The van der Waals surface area contributed by atoms with Crippen molar-refractivity contribution < 1.29 is 24.2 Å². The number of carbonyl (C=O) groups is 2. The Morgan fingerprint density at radius 1 is 1.41 bits per heavy atom. The normalized spacial score (nSPS) is 21.7. The number of esters is 1. The SMILES string of the molecule is CCOC(=O)C1=CN(C(=O)OC(C)(C)C)CC(C)(C)C(O)C1. The predicted octanol–water partition coefficient (Wildman–Crippen LogP) is 2.46. The molecule has 6 heteroatoms. The van der Waals surface area contributed by atoms with Crippen LogP contribution in [0.25, 0.3) is 0 Å². The molecular weight excluding hydrogens is 286 g/mol. The van der Waals surface area contributed by atoms with E-state index in [-0.39, 0.29) is 25.1 Å². The van der Waals surface area contributed by atoms with Gasteiger partial charge in [-0.25, -0.2) is 9.59 Å². The highest BCUT2D eigenvalue weighted by molar-refractivity contribution is 5.89.